The van der Waals surface area contributed by atoms with Crippen LogP contribution in [0.1, 0.15) is 46.1 Å². The summed E-state index contributed by atoms with van der Waals surface area (Å²) in [6.45, 7) is 5.11. The van der Waals surface area contributed by atoms with Gasteiger partial charge in [-0.2, -0.15) is 5.10 Å². The number of carbonyl (C=O) groups excluding carboxylic acids is 1. The van der Waals surface area contributed by atoms with Crippen LogP contribution in [0.25, 0.3) is 11.1 Å². The molecule has 4 rings (SSSR count). The Kier molecular flexibility index (Phi) is 4.86. The van der Waals surface area contributed by atoms with Gasteiger partial charge in [0.1, 0.15) is 5.56 Å². The Morgan fingerprint density at radius 1 is 1.21 bits per heavy atom. The van der Waals surface area contributed by atoms with E-state index in [-0.39, 0.29) is 22.8 Å². The molecule has 1 amide bonds. The lowest BCUT2D eigenvalue weighted by molar-refractivity contribution is 0.0704. The zero-order chi connectivity index (χ0) is 19.7. The first-order valence-corrected chi connectivity index (χ1v) is 9.62. The summed E-state index contributed by atoms with van der Waals surface area (Å²) < 4.78 is 0. The number of aromatic nitrogens is 3. The number of likely N-dealkylation sites (tertiary alicyclic amines) is 1. The molecule has 1 fully saturated rings. The van der Waals surface area contributed by atoms with Crippen LogP contribution in [0.4, 0.5) is 0 Å². The highest BCUT2D eigenvalue weighted by Crippen LogP contribution is 2.33. The van der Waals surface area contributed by atoms with Gasteiger partial charge in [-0.1, -0.05) is 29.8 Å². The summed E-state index contributed by atoms with van der Waals surface area (Å²) in [5, 5.41) is 7.42. The molecule has 6 heteroatoms. The quantitative estimate of drug-likeness (QED) is 0.735. The van der Waals surface area contributed by atoms with Gasteiger partial charge >= 0.3 is 0 Å². The van der Waals surface area contributed by atoms with E-state index in [1.54, 1.807) is 11.8 Å². The molecule has 2 aromatic heterocycles. The Labute approximate surface area is 163 Å². The summed E-state index contributed by atoms with van der Waals surface area (Å²) in [4.78, 5) is 29.9. The van der Waals surface area contributed by atoms with E-state index in [9.17, 15) is 9.59 Å². The lowest BCUT2D eigenvalue weighted by Crippen LogP contribution is -2.41. The summed E-state index contributed by atoms with van der Waals surface area (Å²) in [5.41, 5.74) is 5.18. The van der Waals surface area contributed by atoms with Crippen LogP contribution in [0.2, 0.25) is 0 Å². The standard InChI is InChI=1S/C22H24N4O2/c1-14-5-7-16(8-6-14)18-12-24-25-21(18)17-4-3-9-26(13-17)22(28)19-11-23-15(2)10-20(19)27/h5-8,10-12,17H,3-4,9,13H2,1-2H3,(H,23,27)(H,24,25)/t17-/m0/s1. The summed E-state index contributed by atoms with van der Waals surface area (Å²) >= 11 is 0. The third-order valence-electron chi connectivity index (χ3n) is 5.44. The van der Waals surface area contributed by atoms with E-state index in [1.807, 2.05) is 6.20 Å². The van der Waals surface area contributed by atoms with E-state index in [0.29, 0.717) is 13.1 Å². The highest BCUT2D eigenvalue weighted by molar-refractivity contribution is 5.94. The minimum absolute atomic E-state index is 0.168. The minimum Gasteiger partial charge on any atom is -0.364 e. The molecule has 1 saturated heterocycles. The van der Waals surface area contributed by atoms with Gasteiger partial charge in [0, 0.05) is 48.2 Å². The van der Waals surface area contributed by atoms with Crippen LogP contribution in [-0.4, -0.2) is 39.1 Å². The number of nitrogens with zero attached hydrogens (tertiary/aromatic N) is 2. The first kappa shape index (κ1) is 18.2. The van der Waals surface area contributed by atoms with Crippen molar-refractivity contribution >= 4 is 5.91 Å². The Bertz CT molecular complexity index is 1050. The van der Waals surface area contributed by atoms with Crippen molar-refractivity contribution in [2.45, 2.75) is 32.6 Å². The molecule has 0 unspecified atom stereocenters. The second kappa shape index (κ2) is 7.46. The summed E-state index contributed by atoms with van der Waals surface area (Å²) in [6.07, 6.45) is 5.25. The van der Waals surface area contributed by atoms with Crippen LogP contribution >= 0.6 is 0 Å². The molecule has 6 nitrogen and oxygen atoms in total. The van der Waals surface area contributed by atoms with Crippen molar-refractivity contribution in [2.24, 2.45) is 0 Å². The number of aryl methyl sites for hydroxylation is 2. The lowest BCUT2D eigenvalue weighted by Gasteiger charge is -2.32. The smallest absolute Gasteiger partial charge is 0.259 e. The number of carbonyl (C=O) groups is 1. The van der Waals surface area contributed by atoms with Gasteiger partial charge in [0.15, 0.2) is 5.43 Å². The number of hydrogen-bond donors (Lipinski definition) is 2. The zero-order valence-electron chi connectivity index (χ0n) is 16.2. The van der Waals surface area contributed by atoms with Crippen molar-refractivity contribution in [2.75, 3.05) is 13.1 Å². The van der Waals surface area contributed by atoms with Crippen molar-refractivity contribution in [1.82, 2.24) is 20.1 Å². The van der Waals surface area contributed by atoms with E-state index >= 15 is 0 Å². The predicted molar refractivity (Wildman–Crippen MR) is 108 cm³/mol. The molecule has 0 aliphatic carbocycles. The fraction of sp³-hybridized carbons (Fsp3) is 0.318. The van der Waals surface area contributed by atoms with Crippen molar-refractivity contribution in [3.05, 3.63) is 75.5 Å². The Balaban J connectivity index is 1.58. The summed E-state index contributed by atoms with van der Waals surface area (Å²) in [7, 11) is 0. The summed E-state index contributed by atoms with van der Waals surface area (Å²) in [5.74, 6) is -0.0385. The van der Waals surface area contributed by atoms with Gasteiger partial charge in [-0.05, 0) is 32.3 Å². The van der Waals surface area contributed by atoms with E-state index in [1.165, 1.54) is 17.8 Å². The zero-order valence-corrected chi connectivity index (χ0v) is 16.2. The first-order chi connectivity index (χ1) is 13.5. The van der Waals surface area contributed by atoms with Crippen LogP contribution < -0.4 is 5.43 Å². The van der Waals surface area contributed by atoms with Crippen molar-refractivity contribution in [3.8, 4) is 11.1 Å². The topological polar surface area (TPSA) is 81.8 Å². The number of hydrogen-bond acceptors (Lipinski definition) is 3. The maximum atomic E-state index is 12.9. The normalized spacial score (nSPS) is 16.9. The third kappa shape index (κ3) is 3.50. The molecule has 1 aliphatic rings. The van der Waals surface area contributed by atoms with Gasteiger partial charge in [-0.3, -0.25) is 14.7 Å². The fourth-order valence-electron chi connectivity index (χ4n) is 3.88. The Morgan fingerprint density at radius 3 is 2.75 bits per heavy atom. The van der Waals surface area contributed by atoms with Crippen LogP contribution in [0.3, 0.4) is 0 Å². The second-order valence-corrected chi connectivity index (χ2v) is 7.55. The largest absolute Gasteiger partial charge is 0.364 e. The maximum Gasteiger partial charge on any atom is 0.259 e. The van der Waals surface area contributed by atoms with Gasteiger partial charge in [0.25, 0.3) is 5.91 Å². The predicted octanol–water partition coefficient (Wildman–Crippen LogP) is 3.40. The molecular formula is C22H24N4O2. The number of piperidine rings is 1. The Hall–Kier alpha value is -3.15. The average molecular weight is 376 g/mol. The molecule has 3 aromatic rings. The first-order valence-electron chi connectivity index (χ1n) is 9.62. The van der Waals surface area contributed by atoms with Crippen molar-refractivity contribution < 1.29 is 4.79 Å². The lowest BCUT2D eigenvalue weighted by atomic mass is 9.90. The molecule has 1 atom stereocenters. The second-order valence-electron chi connectivity index (χ2n) is 7.55. The average Bonchev–Trinajstić information content (AvgIpc) is 3.18. The Morgan fingerprint density at radius 2 is 2.00 bits per heavy atom. The maximum absolute atomic E-state index is 12.9. The molecule has 144 valence electrons. The van der Waals surface area contributed by atoms with Crippen molar-refractivity contribution in [3.63, 3.8) is 0 Å². The van der Waals surface area contributed by atoms with E-state index in [2.05, 4.69) is 46.4 Å². The van der Waals surface area contributed by atoms with E-state index < -0.39 is 0 Å². The fourth-order valence-corrected chi connectivity index (χ4v) is 3.88. The SMILES string of the molecule is Cc1ccc(-c2cn[nH]c2[C@H]2CCCN(C(=O)c3c[nH]c(C)cc3=O)C2)cc1. The number of benzene rings is 1. The number of nitrogens with one attached hydrogen (secondary N) is 2. The molecule has 0 bridgehead atoms. The molecule has 2 N–H and O–H groups in total. The van der Waals surface area contributed by atoms with Gasteiger partial charge in [0.05, 0.1) is 6.20 Å². The molecule has 28 heavy (non-hydrogen) atoms. The molecule has 0 spiro atoms. The highest BCUT2D eigenvalue weighted by Gasteiger charge is 2.29. The van der Waals surface area contributed by atoms with E-state index in [0.717, 1.165) is 35.4 Å². The van der Waals surface area contributed by atoms with Crippen molar-refractivity contribution in [1.29, 1.82) is 0 Å². The van der Waals surface area contributed by atoms with Crippen LogP contribution in [-0.2, 0) is 0 Å². The monoisotopic (exact) mass is 376 g/mol. The molecule has 0 radical (unpaired) electrons. The third-order valence-corrected chi connectivity index (χ3v) is 5.44. The van der Waals surface area contributed by atoms with Gasteiger partial charge in [0.2, 0.25) is 0 Å². The molecule has 1 aromatic carbocycles. The van der Waals surface area contributed by atoms with Gasteiger partial charge in [-0.25, -0.2) is 0 Å². The minimum atomic E-state index is -0.231. The van der Waals surface area contributed by atoms with Crippen LogP contribution in [0.15, 0.2) is 47.5 Å². The summed E-state index contributed by atoms with van der Waals surface area (Å²) in [6, 6.07) is 9.85. The molecular weight excluding hydrogens is 352 g/mol. The van der Waals surface area contributed by atoms with Crippen LogP contribution in [0, 0.1) is 13.8 Å². The number of amides is 1. The number of H-pyrrole nitrogens is 2. The van der Waals surface area contributed by atoms with Gasteiger partial charge in [-0.15, -0.1) is 0 Å². The molecule has 0 saturated carbocycles. The molecule has 3 heterocycles. The number of rotatable bonds is 3. The number of aromatic amines is 2. The van der Waals surface area contributed by atoms with E-state index in [4.69, 9.17) is 0 Å². The van der Waals surface area contributed by atoms with Gasteiger partial charge < -0.3 is 9.88 Å². The molecule has 1 aliphatic heterocycles. The highest BCUT2D eigenvalue weighted by atomic mass is 16.2. The number of pyridine rings is 1. The van der Waals surface area contributed by atoms with Crippen LogP contribution in [0.5, 0.6) is 0 Å².